The van der Waals surface area contributed by atoms with Crippen LogP contribution < -0.4 is 5.56 Å². The molecule has 0 saturated carbocycles. The Hall–Kier alpha value is -1.46. The van der Waals surface area contributed by atoms with E-state index in [2.05, 4.69) is 30.7 Å². The quantitative estimate of drug-likeness (QED) is 0.455. The second-order valence-electron chi connectivity index (χ2n) is 8.59. The molecular formula is C17H27N3O7PSi+. The number of nitrogens with one attached hydrogen (secondary N) is 1. The van der Waals surface area contributed by atoms with Gasteiger partial charge in [0.1, 0.15) is 12.2 Å². The molecule has 2 aromatic heterocycles. The van der Waals surface area contributed by atoms with Gasteiger partial charge in [-0.3, -0.25) is 4.79 Å². The Balaban J connectivity index is 2.04. The van der Waals surface area contributed by atoms with Crippen molar-refractivity contribution in [3.8, 4) is 0 Å². The molecule has 1 aliphatic rings. The number of rotatable bonds is 6. The predicted octanol–water partition coefficient (Wildman–Crippen LogP) is 2.04. The highest BCUT2D eigenvalue weighted by Crippen LogP contribution is 2.44. The van der Waals surface area contributed by atoms with Crippen LogP contribution in [0.3, 0.4) is 0 Å². The van der Waals surface area contributed by atoms with Gasteiger partial charge < -0.3 is 23.8 Å². The SMILES string of the molecule is CC(C)(C)[Si](C)(C)O[C@H]1[C@@H](O[P+](=O)O)[C@H](n2cnc3c(=O)[nH]ccc32)O[C@@H]1CO. The summed E-state index contributed by atoms with van der Waals surface area (Å²) in [4.78, 5) is 28.1. The summed E-state index contributed by atoms with van der Waals surface area (Å²) in [5, 5.41) is 9.77. The summed E-state index contributed by atoms with van der Waals surface area (Å²) in [6.45, 7) is 9.93. The fourth-order valence-electron chi connectivity index (χ4n) is 3.13. The van der Waals surface area contributed by atoms with Crippen LogP contribution in [0.15, 0.2) is 23.4 Å². The van der Waals surface area contributed by atoms with Crippen molar-refractivity contribution in [3.63, 3.8) is 0 Å². The van der Waals surface area contributed by atoms with Gasteiger partial charge in [-0.15, -0.1) is 9.42 Å². The molecule has 160 valence electrons. The minimum Gasteiger partial charge on any atom is -0.408 e. The van der Waals surface area contributed by atoms with Gasteiger partial charge in [-0.1, -0.05) is 20.8 Å². The lowest BCUT2D eigenvalue weighted by atomic mass is 10.1. The molecule has 0 radical (unpaired) electrons. The Morgan fingerprint density at radius 2 is 2.07 bits per heavy atom. The smallest absolute Gasteiger partial charge is 0.408 e. The minimum atomic E-state index is -2.96. The Morgan fingerprint density at radius 3 is 2.66 bits per heavy atom. The molecule has 12 heteroatoms. The second-order valence-corrected chi connectivity index (χ2v) is 14.0. The molecule has 0 amide bonds. The summed E-state index contributed by atoms with van der Waals surface area (Å²) in [6.07, 6.45) is -0.529. The largest absolute Gasteiger partial charge is 0.695 e. The number of aliphatic hydroxyl groups excluding tert-OH is 1. The molecule has 10 nitrogen and oxygen atoms in total. The topological polar surface area (TPSA) is 136 Å². The molecule has 1 aliphatic heterocycles. The molecule has 0 spiro atoms. The lowest BCUT2D eigenvalue weighted by Crippen LogP contribution is -2.50. The summed E-state index contributed by atoms with van der Waals surface area (Å²) >= 11 is 0. The number of hydrogen-bond donors (Lipinski definition) is 3. The van der Waals surface area contributed by atoms with Crippen LogP contribution in [-0.2, 0) is 18.3 Å². The van der Waals surface area contributed by atoms with E-state index in [1.165, 1.54) is 12.5 Å². The van der Waals surface area contributed by atoms with Gasteiger partial charge in [-0.05, 0) is 24.2 Å². The number of aromatic nitrogens is 3. The lowest BCUT2D eigenvalue weighted by molar-refractivity contribution is -0.0478. The van der Waals surface area contributed by atoms with Crippen LogP contribution in [0, 0.1) is 0 Å². The average Bonchev–Trinajstić information content (AvgIpc) is 3.16. The maximum atomic E-state index is 12.0. The number of imidazole rings is 1. The van der Waals surface area contributed by atoms with Crippen molar-refractivity contribution >= 4 is 27.6 Å². The van der Waals surface area contributed by atoms with Crippen molar-refractivity contribution in [1.29, 1.82) is 0 Å². The summed E-state index contributed by atoms with van der Waals surface area (Å²) < 4.78 is 30.9. The molecule has 3 N–H and O–H groups in total. The van der Waals surface area contributed by atoms with Gasteiger partial charge in [0, 0.05) is 10.8 Å². The molecule has 5 atom stereocenters. The van der Waals surface area contributed by atoms with Crippen molar-refractivity contribution in [2.24, 2.45) is 0 Å². The summed E-state index contributed by atoms with van der Waals surface area (Å²) in [6, 6.07) is 1.65. The van der Waals surface area contributed by atoms with Gasteiger partial charge in [0.05, 0.1) is 18.5 Å². The van der Waals surface area contributed by atoms with Gasteiger partial charge in [0.2, 0.25) is 0 Å². The molecule has 3 rings (SSSR count). The second kappa shape index (κ2) is 7.99. The van der Waals surface area contributed by atoms with E-state index in [1.54, 1.807) is 10.6 Å². The van der Waals surface area contributed by atoms with Crippen LogP contribution in [0.25, 0.3) is 11.0 Å². The van der Waals surface area contributed by atoms with Crippen molar-refractivity contribution in [2.75, 3.05) is 6.61 Å². The van der Waals surface area contributed by atoms with Crippen LogP contribution in [0.2, 0.25) is 18.1 Å². The monoisotopic (exact) mass is 444 g/mol. The van der Waals surface area contributed by atoms with Crippen molar-refractivity contribution in [2.45, 2.75) is 63.4 Å². The molecule has 0 aliphatic carbocycles. The van der Waals surface area contributed by atoms with Gasteiger partial charge in [-0.2, -0.15) is 0 Å². The van der Waals surface area contributed by atoms with Gasteiger partial charge in [0.15, 0.2) is 26.2 Å². The van der Waals surface area contributed by atoms with E-state index < -0.39 is 41.1 Å². The van der Waals surface area contributed by atoms with Crippen LogP contribution >= 0.6 is 8.25 Å². The first-order chi connectivity index (χ1) is 13.5. The van der Waals surface area contributed by atoms with Crippen LogP contribution in [0.4, 0.5) is 0 Å². The first-order valence-corrected chi connectivity index (χ1v) is 13.3. The fourth-order valence-corrected chi connectivity index (χ4v) is 4.88. The zero-order valence-electron chi connectivity index (χ0n) is 17.0. The number of ether oxygens (including phenoxy) is 1. The standard InChI is InChI=1S/C17H26N3O7PSi/c1-17(2,3)29(4,5)27-13-11(8-21)25-16(14(13)26-28(23)24)20-9-19-12-10(20)6-7-18-15(12)22/h6-7,9,11,13-14,16,21H,8H2,1-5H3,(H-,18,22,23,24)/p+1/t11-,13-,14-,16-/m1/s1. The number of nitrogens with zero attached hydrogens (tertiary/aromatic N) is 2. The molecule has 0 aromatic carbocycles. The number of fused-ring (bicyclic) bond motifs is 1. The zero-order chi connectivity index (χ0) is 21.6. The third-order valence-corrected chi connectivity index (χ3v) is 10.6. The minimum absolute atomic E-state index is 0.133. The number of aromatic amines is 1. The average molecular weight is 444 g/mol. The highest BCUT2D eigenvalue weighted by Gasteiger charge is 2.54. The molecule has 2 aromatic rings. The Morgan fingerprint density at radius 1 is 1.38 bits per heavy atom. The molecule has 1 saturated heterocycles. The first kappa shape index (κ1) is 22.2. The maximum absolute atomic E-state index is 12.0. The predicted molar refractivity (Wildman–Crippen MR) is 108 cm³/mol. The maximum Gasteiger partial charge on any atom is 0.695 e. The van der Waals surface area contributed by atoms with Gasteiger partial charge in [-0.25, -0.2) is 4.98 Å². The zero-order valence-corrected chi connectivity index (χ0v) is 18.9. The van der Waals surface area contributed by atoms with E-state index in [0.29, 0.717) is 5.52 Å². The van der Waals surface area contributed by atoms with Crippen molar-refractivity contribution in [3.05, 3.63) is 28.9 Å². The molecule has 0 bridgehead atoms. The van der Waals surface area contributed by atoms with Crippen LogP contribution in [-0.4, -0.2) is 57.8 Å². The van der Waals surface area contributed by atoms with Gasteiger partial charge >= 0.3 is 8.25 Å². The van der Waals surface area contributed by atoms with Crippen LogP contribution in [0.5, 0.6) is 0 Å². The van der Waals surface area contributed by atoms with E-state index >= 15 is 0 Å². The highest BCUT2D eigenvalue weighted by atomic mass is 31.1. The van der Waals surface area contributed by atoms with Gasteiger partial charge in [0.25, 0.3) is 5.56 Å². The third-order valence-electron chi connectivity index (χ3n) is 5.69. The summed E-state index contributed by atoms with van der Waals surface area (Å²) in [5.74, 6) is 0. The van der Waals surface area contributed by atoms with E-state index in [4.69, 9.17) is 13.7 Å². The van der Waals surface area contributed by atoms with E-state index in [1.807, 2.05) is 13.1 Å². The Labute approximate surface area is 169 Å². The Kier molecular flexibility index (Phi) is 6.12. The van der Waals surface area contributed by atoms with E-state index in [9.17, 15) is 19.4 Å². The van der Waals surface area contributed by atoms with E-state index in [0.717, 1.165) is 0 Å². The lowest BCUT2D eigenvalue weighted by Gasteiger charge is -2.39. The van der Waals surface area contributed by atoms with E-state index in [-0.39, 0.29) is 22.7 Å². The molecule has 3 heterocycles. The summed E-state index contributed by atoms with van der Waals surface area (Å²) in [7, 11) is -5.29. The first-order valence-electron chi connectivity index (χ1n) is 9.27. The normalized spacial score (nSPS) is 26.2. The number of aliphatic hydroxyl groups is 1. The van der Waals surface area contributed by atoms with Crippen LogP contribution in [0.1, 0.15) is 27.0 Å². The fraction of sp³-hybridized carbons (Fsp3) is 0.647. The number of pyridine rings is 1. The Bertz CT molecular complexity index is 954. The molecule has 1 fully saturated rings. The highest BCUT2D eigenvalue weighted by molar-refractivity contribution is 7.32. The number of hydrogen-bond acceptors (Lipinski definition) is 7. The molecule has 29 heavy (non-hydrogen) atoms. The molecular weight excluding hydrogens is 417 g/mol. The van der Waals surface area contributed by atoms with Crippen molar-refractivity contribution < 1.29 is 28.3 Å². The van der Waals surface area contributed by atoms with Crippen molar-refractivity contribution in [1.82, 2.24) is 14.5 Å². The third kappa shape index (κ3) is 4.22. The summed E-state index contributed by atoms with van der Waals surface area (Å²) in [5.41, 5.74) is 0.320. The molecule has 1 unspecified atom stereocenters. The number of H-pyrrole nitrogens is 1.